The predicted molar refractivity (Wildman–Crippen MR) is 71.3 cm³/mol. The number of H-pyrrole nitrogens is 1. The Kier molecular flexibility index (Phi) is 3.89. The first-order valence-corrected chi connectivity index (χ1v) is 6.79. The molecule has 0 unspecified atom stereocenters. The van der Waals surface area contributed by atoms with Crippen LogP contribution in [0.2, 0.25) is 0 Å². The van der Waals surface area contributed by atoms with Gasteiger partial charge in [-0.3, -0.25) is 9.89 Å². The van der Waals surface area contributed by atoms with Gasteiger partial charge in [-0.25, -0.2) is 0 Å². The highest BCUT2D eigenvalue weighted by molar-refractivity contribution is 5.97. The van der Waals surface area contributed by atoms with Crippen LogP contribution in [0.15, 0.2) is 0 Å². The Labute approximate surface area is 108 Å². The molecule has 1 saturated heterocycles. The van der Waals surface area contributed by atoms with E-state index in [1.54, 1.807) is 0 Å². The average Bonchev–Trinajstić information content (AvgIpc) is 2.79. The maximum absolute atomic E-state index is 12.3. The summed E-state index contributed by atoms with van der Waals surface area (Å²) in [7, 11) is 0. The Hall–Kier alpha value is -1.52. The maximum Gasteiger partial charge on any atom is 0.276 e. The smallest absolute Gasteiger partial charge is 0.276 e. The number of piperidine rings is 1. The summed E-state index contributed by atoms with van der Waals surface area (Å²) in [6, 6.07) is 0. The number of hydrogen-bond donors (Lipinski definition) is 2. The molecule has 0 bridgehead atoms. The molecule has 0 aliphatic carbocycles. The van der Waals surface area contributed by atoms with Gasteiger partial charge in [0, 0.05) is 13.1 Å². The number of anilines is 1. The zero-order valence-electron chi connectivity index (χ0n) is 11.2. The average molecular weight is 250 g/mol. The van der Waals surface area contributed by atoms with Crippen LogP contribution in [0.25, 0.3) is 0 Å². The Balaban J connectivity index is 2.05. The van der Waals surface area contributed by atoms with Gasteiger partial charge >= 0.3 is 0 Å². The SMILES string of the molecule is CCc1[nH]nc(C(=O)N2CCC(CC)CC2)c1N. The quantitative estimate of drug-likeness (QED) is 0.859. The largest absolute Gasteiger partial charge is 0.395 e. The van der Waals surface area contributed by atoms with Crippen LogP contribution < -0.4 is 5.73 Å². The van der Waals surface area contributed by atoms with Crippen LogP contribution in [-0.2, 0) is 6.42 Å². The van der Waals surface area contributed by atoms with Crippen LogP contribution in [-0.4, -0.2) is 34.1 Å². The first kappa shape index (κ1) is 12.9. The van der Waals surface area contributed by atoms with Crippen LogP contribution in [0, 0.1) is 5.92 Å². The lowest BCUT2D eigenvalue weighted by Gasteiger charge is -2.31. The zero-order valence-corrected chi connectivity index (χ0v) is 11.2. The van der Waals surface area contributed by atoms with Crippen molar-refractivity contribution < 1.29 is 4.79 Å². The van der Waals surface area contributed by atoms with Crippen molar-refractivity contribution >= 4 is 11.6 Å². The van der Waals surface area contributed by atoms with Crippen molar-refractivity contribution in [3.63, 3.8) is 0 Å². The number of aromatic nitrogens is 2. The molecule has 0 atom stereocenters. The molecule has 1 fully saturated rings. The van der Waals surface area contributed by atoms with E-state index in [-0.39, 0.29) is 5.91 Å². The fraction of sp³-hybridized carbons (Fsp3) is 0.692. The first-order valence-electron chi connectivity index (χ1n) is 6.79. The molecule has 5 heteroatoms. The number of carbonyl (C=O) groups is 1. The molecule has 18 heavy (non-hydrogen) atoms. The minimum Gasteiger partial charge on any atom is -0.395 e. The number of hydrogen-bond acceptors (Lipinski definition) is 3. The second kappa shape index (κ2) is 5.42. The number of amides is 1. The van der Waals surface area contributed by atoms with E-state index in [1.807, 2.05) is 11.8 Å². The van der Waals surface area contributed by atoms with Crippen LogP contribution in [0.3, 0.4) is 0 Å². The number of rotatable bonds is 3. The van der Waals surface area contributed by atoms with Crippen LogP contribution in [0.1, 0.15) is 49.3 Å². The number of nitrogens with two attached hydrogens (primary N) is 1. The van der Waals surface area contributed by atoms with Crippen LogP contribution >= 0.6 is 0 Å². The number of nitrogens with zero attached hydrogens (tertiary/aromatic N) is 2. The van der Waals surface area contributed by atoms with Gasteiger partial charge < -0.3 is 10.6 Å². The lowest BCUT2D eigenvalue weighted by atomic mass is 9.94. The van der Waals surface area contributed by atoms with E-state index >= 15 is 0 Å². The molecule has 1 aliphatic rings. The lowest BCUT2D eigenvalue weighted by Crippen LogP contribution is -2.38. The predicted octanol–water partition coefficient (Wildman–Crippen LogP) is 1.82. The van der Waals surface area contributed by atoms with Gasteiger partial charge in [-0.05, 0) is 25.2 Å². The van der Waals surface area contributed by atoms with Gasteiger partial charge in [-0.1, -0.05) is 20.3 Å². The molecule has 0 saturated carbocycles. The standard InChI is InChI=1S/C13H22N4O/c1-3-9-5-7-17(8-6-9)13(18)12-11(14)10(4-2)15-16-12/h9H,3-8,14H2,1-2H3,(H,15,16). The molecule has 0 radical (unpaired) electrons. The molecule has 1 amide bonds. The molecule has 0 aromatic carbocycles. The number of likely N-dealkylation sites (tertiary alicyclic amines) is 1. The molecule has 3 N–H and O–H groups in total. The van der Waals surface area contributed by atoms with Crippen molar-refractivity contribution in [2.45, 2.75) is 39.5 Å². The van der Waals surface area contributed by atoms with Crippen molar-refractivity contribution in [3.8, 4) is 0 Å². The number of aryl methyl sites for hydroxylation is 1. The summed E-state index contributed by atoms with van der Waals surface area (Å²) in [6.07, 6.45) is 4.15. The topological polar surface area (TPSA) is 75.0 Å². The third-order valence-electron chi connectivity index (χ3n) is 3.92. The normalized spacial score (nSPS) is 17.1. The third-order valence-corrected chi connectivity index (χ3v) is 3.92. The highest BCUT2D eigenvalue weighted by Crippen LogP contribution is 2.23. The van der Waals surface area contributed by atoms with Crippen molar-refractivity contribution in [2.75, 3.05) is 18.8 Å². The van der Waals surface area contributed by atoms with Crippen molar-refractivity contribution in [2.24, 2.45) is 5.92 Å². The monoisotopic (exact) mass is 250 g/mol. The Bertz CT molecular complexity index is 419. The summed E-state index contributed by atoms with van der Waals surface area (Å²) >= 11 is 0. The summed E-state index contributed by atoms with van der Waals surface area (Å²) in [5.41, 5.74) is 7.69. The highest BCUT2D eigenvalue weighted by atomic mass is 16.2. The summed E-state index contributed by atoms with van der Waals surface area (Å²) in [4.78, 5) is 14.2. The van der Waals surface area contributed by atoms with Crippen molar-refractivity contribution in [1.82, 2.24) is 15.1 Å². The van der Waals surface area contributed by atoms with Gasteiger partial charge in [0.05, 0.1) is 11.4 Å². The molecule has 5 nitrogen and oxygen atoms in total. The molecule has 2 heterocycles. The highest BCUT2D eigenvalue weighted by Gasteiger charge is 2.26. The Morgan fingerprint density at radius 1 is 1.44 bits per heavy atom. The van der Waals surface area contributed by atoms with Gasteiger partial charge in [-0.15, -0.1) is 0 Å². The molecule has 1 aliphatic heterocycles. The molecule has 1 aromatic rings. The summed E-state index contributed by atoms with van der Waals surface area (Å²) < 4.78 is 0. The Morgan fingerprint density at radius 3 is 2.61 bits per heavy atom. The summed E-state index contributed by atoms with van der Waals surface area (Å²) in [6.45, 7) is 5.85. The zero-order chi connectivity index (χ0) is 13.1. The minimum atomic E-state index is -0.0296. The second-order valence-corrected chi connectivity index (χ2v) is 4.96. The molecule has 0 spiro atoms. The summed E-state index contributed by atoms with van der Waals surface area (Å²) in [5, 5.41) is 6.90. The molecule has 1 aromatic heterocycles. The van der Waals surface area contributed by atoms with Gasteiger partial charge in [0.15, 0.2) is 5.69 Å². The van der Waals surface area contributed by atoms with E-state index in [0.717, 1.165) is 44.0 Å². The minimum absolute atomic E-state index is 0.0296. The molecule has 2 rings (SSSR count). The van der Waals surface area contributed by atoms with E-state index < -0.39 is 0 Å². The van der Waals surface area contributed by atoms with E-state index in [4.69, 9.17) is 5.73 Å². The third kappa shape index (κ3) is 2.35. The Morgan fingerprint density at radius 2 is 2.11 bits per heavy atom. The van der Waals surface area contributed by atoms with E-state index in [1.165, 1.54) is 6.42 Å². The number of carbonyl (C=O) groups excluding carboxylic acids is 1. The fourth-order valence-corrected chi connectivity index (χ4v) is 2.51. The lowest BCUT2D eigenvalue weighted by molar-refractivity contribution is 0.0684. The van der Waals surface area contributed by atoms with Crippen molar-refractivity contribution in [1.29, 1.82) is 0 Å². The van der Waals surface area contributed by atoms with Gasteiger partial charge in [0.25, 0.3) is 5.91 Å². The number of nitrogens with one attached hydrogen (secondary N) is 1. The molecular formula is C13H22N4O. The second-order valence-electron chi connectivity index (χ2n) is 4.96. The van der Waals surface area contributed by atoms with E-state index in [9.17, 15) is 4.79 Å². The van der Waals surface area contributed by atoms with Gasteiger partial charge in [-0.2, -0.15) is 5.10 Å². The summed E-state index contributed by atoms with van der Waals surface area (Å²) in [5.74, 6) is 0.731. The number of nitrogen functional groups attached to an aromatic ring is 1. The van der Waals surface area contributed by atoms with E-state index in [0.29, 0.717) is 11.4 Å². The van der Waals surface area contributed by atoms with E-state index in [2.05, 4.69) is 17.1 Å². The first-order chi connectivity index (χ1) is 8.67. The molecule has 100 valence electrons. The van der Waals surface area contributed by atoms with Crippen LogP contribution in [0.4, 0.5) is 5.69 Å². The fourth-order valence-electron chi connectivity index (χ4n) is 2.51. The van der Waals surface area contributed by atoms with Gasteiger partial charge in [0.2, 0.25) is 0 Å². The van der Waals surface area contributed by atoms with Gasteiger partial charge in [0.1, 0.15) is 0 Å². The van der Waals surface area contributed by atoms with Crippen molar-refractivity contribution in [3.05, 3.63) is 11.4 Å². The maximum atomic E-state index is 12.3. The molecular weight excluding hydrogens is 228 g/mol. The van der Waals surface area contributed by atoms with Crippen LogP contribution in [0.5, 0.6) is 0 Å². The number of aromatic amines is 1.